The molecule has 2 rings (SSSR count). The Morgan fingerprint density at radius 3 is 2.67 bits per heavy atom. The van der Waals surface area contributed by atoms with Gasteiger partial charge in [-0.1, -0.05) is 0 Å². The standard InChI is InChI=1S/C12H20N2O3S/c1-2-17-12(16)9-3-5-14(6-4-9)11(15)10-7-18-8-13-10/h9-10,13H,2-8H2,1H3. The molecule has 1 atom stereocenters. The summed E-state index contributed by atoms with van der Waals surface area (Å²) in [7, 11) is 0. The van der Waals surface area contributed by atoms with Crippen molar-refractivity contribution in [2.24, 2.45) is 5.92 Å². The molecule has 2 saturated heterocycles. The zero-order valence-electron chi connectivity index (χ0n) is 10.7. The molecule has 2 fully saturated rings. The van der Waals surface area contributed by atoms with Crippen LogP contribution in [0.2, 0.25) is 0 Å². The summed E-state index contributed by atoms with van der Waals surface area (Å²) < 4.78 is 5.02. The molecule has 18 heavy (non-hydrogen) atoms. The zero-order chi connectivity index (χ0) is 13.0. The average Bonchev–Trinajstić information content (AvgIpc) is 2.92. The third-order valence-electron chi connectivity index (χ3n) is 3.44. The number of hydrogen-bond donors (Lipinski definition) is 1. The first-order valence-electron chi connectivity index (χ1n) is 6.49. The Labute approximate surface area is 112 Å². The Bertz CT molecular complexity index is 310. The van der Waals surface area contributed by atoms with Crippen LogP contribution < -0.4 is 5.32 Å². The van der Waals surface area contributed by atoms with Gasteiger partial charge in [0.15, 0.2) is 0 Å². The van der Waals surface area contributed by atoms with Gasteiger partial charge in [0, 0.05) is 24.7 Å². The topological polar surface area (TPSA) is 58.6 Å². The Balaban J connectivity index is 1.79. The second-order valence-corrected chi connectivity index (χ2v) is 5.65. The molecular formula is C12H20N2O3S. The first-order chi connectivity index (χ1) is 8.72. The number of hydrogen-bond acceptors (Lipinski definition) is 5. The lowest BCUT2D eigenvalue weighted by Gasteiger charge is -2.32. The monoisotopic (exact) mass is 272 g/mol. The largest absolute Gasteiger partial charge is 0.466 e. The lowest BCUT2D eigenvalue weighted by Crippen LogP contribution is -2.48. The van der Waals surface area contributed by atoms with Gasteiger partial charge < -0.3 is 9.64 Å². The molecular weight excluding hydrogens is 252 g/mol. The number of nitrogens with one attached hydrogen (secondary N) is 1. The van der Waals surface area contributed by atoms with Crippen molar-refractivity contribution >= 4 is 23.6 Å². The third-order valence-corrected chi connectivity index (χ3v) is 4.38. The lowest BCUT2D eigenvalue weighted by molar-refractivity contribution is -0.151. The van der Waals surface area contributed by atoms with Gasteiger partial charge in [-0.15, -0.1) is 11.8 Å². The maximum absolute atomic E-state index is 12.1. The number of carbonyl (C=O) groups excluding carboxylic acids is 2. The fraction of sp³-hybridized carbons (Fsp3) is 0.833. The molecule has 0 aromatic heterocycles. The van der Waals surface area contributed by atoms with Crippen LogP contribution in [0.1, 0.15) is 19.8 Å². The number of ether oxygens (including phenoxy) is 1. The molecule has 2 heterocycles. The fourth-order valence-corrected chi connectivity index (χ4v) is 3.30. The summed E-state index contributed by atoms with van der Waals surface area (Å²) in [6, 6.07) is -0.0332. The molecule has 2 aliphatic heterocycles. The van der Waals surface area contributed by atoms with Gasteiger partial charge in [-0.2, -0.15) is 0 Å². The van der Waals surface area contributed by atoms with Crippen molar-refractivity contribution in [3.63, 3.8) is 0 Å². The highest BCUT2D eigenvalue weighted by Crippen LogP contribution is 2.20. The van der Waals surface area contributed by atoms with Crippen LogP contribution in [-0.2, 0) is 14.3 Å². The second-order valence-electron chi connectivity index (χ2n) is 4.62. The van der Waals surface area contributed by atoms with Gasteiger partial charge in [0.2, 0.25) is 5.91 Å². The van der Waals surface area contributed by atoms with E-state index in [9.17, 15) is 9.59 Å². The summed E-state index contributed by atoms with van der Waals surface area (Å²) in [6.07, 6.45) is 1.45. The summed E-state index contributed by atoms with van der Waals surface area (Å²) >= 11 is 1.75. The molecule has 0 aromatic carbocycles. The van der Waals surface area contributed by atoms with E-state index in [2.05, 4.69) is 5.32 Å². The van der Waals surface area contributed by atoms with Gasteiger partial charge in [0.1, 0.15) is 0 Å². The van der Waals surface area contributed by atoms with Crippen molar-refractivity contribution in [2.75, 3.05) is 31.3 Å². The molecule has 6 heteroatoms. The molecule has 2 aliphatic rings. The van der Waals surface area contributed by atoms with E-state index in [0.29, 0.717) is 19.7 Å². The lowest BCUT2D eigenvalue weighted by atomic mass is 9.96. The molecule has 1 N–H and O–H groups in total. The van der Waals surface area contributed by atoms with Crippen molar-refractivity contribution < 1.29 is 14.3 Å². The normalized spacial score (nSPS) is 25.2. The van der Waals surface area contributed by atoms with E-state index >= 15 is 0 Å². The molecule has 0 radical (unpaired) electrons. The van der Waals surface area contributed by atoms with E-state index in [1.165, 1.54) is 0 Å². The molecule has 102 valence electrons. The van der Waals surface area contributed by atoms with E-state index in [4.69, 9.17) is 4.74 Å². The number of carbonyl (C=O) groups is 2. The minimum atomic E-state index is -0.112. The Morgan fingerprint density at radius 1 is 1.39 bits per heavy atom. The molecule has 0 spiro atoms. The Kier molecular flexibility index (Phi) is 4.88. The van der Waals surface area contributed by atoms with Gasteiger partial charge in [0.05, 0.1) is 18.6 Å². The highest BCUT2D eigenvalue weighted by Gasteiger charge is 2.32. The summed E-state index contributed by atoms with van der Waals surface area (Å²) in [4.78, 5) is 25.6. The predicted octanol–water partition coefficient (Wildman–Crippen LogP) is 0.451. The summed E-state index contributed by atoms with van der Waals surface area (Å²) in [5, 5.41) is 3.19. The van der Waals surface area contributed by atoms with Crippen molar-refractivity contribution in [3.8, 4) is 0 Å². The van der Waals surface area contributed by atoms with E-state index in [-0.39, 0.29) is 23.8 Å². The maximum Gasteiger partial charge on any atom is 0.309 e. The van der Waals surface area contributed by atoms with Crippen LogP contribution in [-0.4, -0.2) is 54.1 Å². The highest BCUT2D eigenvalue weighted by atomic mass is 32.2. The first kappa shape index (κ1) is 13.7. The van der Waals surface area contributed by atoms with Crippen LogP contribution in [0, 0.1) is 5.92 Å². The number of amides is 1. The van der Waals surface area contributed by atoms with Crippen LogP contribution in [0.4, 0.5) is 0 Å². The SMILES string of the molecule is CCOC(=O)C1CCN(C(=O)C2CSCN2)CC1. The number of likely N-dealkylation sites (tertiary alicyclic amines) is 1. The van der Waals surface area contributed by atoms with Gasteiger partial charge >= 0.3 is 5.97 Å². The maximum atomic E-state index is 12.1. The first-order valence-corrected chi connectivity index (χ1v) is 7.64. The smallest absolute Gasteiger partial charge is 0.309 e. The average molecular weight is 272 g/mol. The van der Waals surface area contributed by atoms with E-state index in [1.807, 2.05) is 11.8 Å². The zero-order valence-corrected chi connectivity index (χ0v) is 11.5. The van der Waals surface area contributed by atoms with Crippen LogP contribution in [0.3, 0.4) is 0 Å². The Hall–Kier alpha value is -0.750. The molecule has 0 aromatic rings. The summed E-state index contributed by atoms with van der Waals surface area (Å²) in [6.45, 7) is 3.59. The van der Waals surface area contributed by atoms with Crippen LogP contribution in [0.15, 0.2) is 0 Å². The number of nitrogens with zero attached hydrogens (tertiary/aromatic N) is 1. The number of piperidine rings is 1. The van der Waals surface area contributed by atoms with Gasteiger partial charge in [-0.3, -0.25) is 14.9 Å². The van der Waals surface area contributed by atoms with Crippen molar-refractivity contribution in [1.82, 2.24) is 10.2 Å². The minimum Gasteiger partial charge on any atom is -0.466 e. The molecule has 0 saturated carbocycles. The minimum absolute atomic E-state index is 0.0279. The van der Waals surface area contributed by atoms with Crippen LogP contribution in [0.5, 0.6) is 0 Å². The van der Waals surface area contributed by atoms with Gasteiger partial charge in [-0.05, 0) is 19.8 Å². The fourth-order valence-electron chi connectivity index (χ4n) is 2.37. The van der Waals surface area contributed by atoms with Gasteiger partial charge in [-0.25, -0.2) is 0 Å². The molecule has 0 aliphatic carbocycles. The molecule has 1 unspecified atom stereocenters. The van der Waals surface area contributed by atoms with Crippen LogP contribution >= 0.6 is 11.8 Å². The van der Waals surface area contributed by atoms with E-state index in [1.54, 1.807) is 11.8 Å². The Morgan fingerprint density at radius 2 is 2.11 bits per heavy atom. The number of rotatable bonds is 3. The van der Waals surface area contributed by atoms with E-state index in [0.717, 1.165) is 24.5 Å². The molecule has 5 nitrogen and oxygen atoms in total. The summed E-state index contributed by atoms with van der Waals surface area (Å²) in [5.41, 5.74) is 0. The number of thioether (sulfide) groups is 1. The van der Waals surface area contributed by atoms with Crippen molar-refractivity contribution in [2.45, 2.75) is 25.8 Å². The van der Waals surface area contributed by atoms with Crippen molar-refractivity contribution in [1.29, 1.82) is 0 Å². The number of esters is 1. The predicted molar refractivity (Wildman–Crippen MR) is 70.2 cm³/mol. The molecule has 0 bridgehead atoms. The van der Waals surface area contributed by atoms with Gasteiger partial charge in [0.25, 0.3) is 0 Å². The third kappa shape index (κ3) is 3.17. The second kappa shape index (κ2) is 6.43. The highest BCUT2D eigenvalue weighted by molar-refractivity contribution is 7.99. The molecule has 1 amide bonds. The quantitative estimate of drug-likeness (QED) is 0.756. The van der Waals surface area contributed by atoms with Crippen molar-refractivity contribution in [3.05, 3.63) is 0 Å². The summed E-state index contributed by atoms with van der Waals surface area (Å²) in [5.74, 6) is 1.76. The van der Waals surface area contributed by atoms with E-state index < -0.39 is 0 Å². The van der Waals surface area contributed by atoms with Crippen LogP contribution in [0.25, 0.3) is 0 Å².